The normalized spacial score (nSPS) is 11.7. The molecule has 0 aliphatic rings. The van der Waals surface area contributed by atoms with Crippen LogP contribution in [-0.2, 0) is 19.1 Å². The minimum Gasteiger partial charge on any atom is -0.463 e. The highest BCUT2D eigenvalue weighted by molar-refractivity contribution is 5.93. The largest absolute Gasteiger partial charge is 0.463 e. The summed E-state index contributed by atoms with van der Waals surface area (Å²) in [6, 6.07) is 0. The maximum absolute atomic E-state index is 11.1. The van der Waals surface area contributed by atoms with E-state index >= 15 is 0 Å². The second-order valence-corrected chi connectivity index (χ2v) is 3.03. The second kappa shape index (κ2) is 7.00. The molecule has 5 heteroatoms. The summed E-state index contributed by atoms with van der Waals surface area (Å²) in [5.74, 6) is -1.21. The Morgan fingerprint density at radius 1 is 1.40 bits per heavy atom. The van der Waals surface area contributed by atoms with E-state index in [2.05, 4.69) is 16.1 Å². The van der Waals surface area contributed by atoms with Gasteiger partial charge in [-0.1, -0.05) is 6.58 Å². The van der Waals surface area contributed by atoms with Crippen LogP contribution in [0.15, 0.2) is 12.2 Å². The van der Waals surface area contributed by atoms with Gasteiger partial charge in [0.15, 0.2) is 0 Å². The van der Waals surface area contributed by atoms with E-state index in [1.165, 1.54) is 6.92 Å². The van der Waals surface area contributed by atoms with Gasteiger partial charge in [-0.15, -0.1) is 0 Å². The molecule has 0 aromatic rings. The van der Waals surface area contributed by atoms with Crippen LogP contribution >= 0.6 is 0 Å². The lowest BCUT2D eigenvalue weighted by molar-refractivity contribution is -0.148. The van der Waals surface area contributed by atoms with Gasteiger partial charge in [-0.25, -0.2) is 4.79 Å². The van der Waals surface area contributed by atoms with Crippen molar-refractivity contribution < 1.29 is 24.2 Å². The Morgan fingerprint density at radius 3 is 2.47 bits per heavy atom. The van der Waals surface area contributed by atoms with Crippen molar-refractivity contribution in [2.45, 2.75) is 26.4 Å². The first kappa shape index (κ1) is 13.6. The smallest absolute Gasteiger partial charge is 0.333 e. The molecule has 0 aromatic heterocycles. The van der Waals surface area contributed by atoms with Crippen molar-refractivity contribution in [2.75, 3.05) is 13.2 Å². The van der Waals surface area contributed by atoms with Crippen LogP contribution in [0.2, 0.25) is 0 Å². The van der Waals surface area contributed by atoms with Gasteiger partial charge in [0, 0.05) is 5.57 Å². The van der Waals surface area contributed by atoms with Crippen molar-refractivity contribution >= 4 is 11.9 Å². The predicted molar refractivity (Wildman–Crippen MR) is 53.0 cm³/mol. The first-order chi connectivity index (χ1) is 6.97. The van der Waals surface area contributed by atoms with Crippen LogP contribution in [0.4, 0.5) is 0 Å². The van der Waals surface area contributed by atoms with E-state index in [4.69, 9.17) is 5.11 Å². The average molecular weight is 216 g/mol. The summed E-state index contributed by atoms with van der Waals surface area (Å²) < 4.78 is 9.28. The SMILES string of the molecule is C=C(CC(=O)OCC(C)O)C(=O)OCC. The molecule has 1 unspecified atom stereocenters. The zero-order valence-electron chi connectivity index (χ0n) is 8.99. The van der Waals surface area contributed by atoms with E-state index in [0.29, 0.717) is 0 Å². The van der Waals surface area contributed by atoms with E-state index in [-0.39, 0.29) is 25.2 Å². The van der Waals surface area contributed by atoms with Gasteiger partial charge in [-0.3, -0.25) is 4.79 Å². The van der Waals surface area contributed by atoms with E-state index in [1.54, 1.807) is 6.92 Å². The molecule has 0 aliphatic carbocycles. The molecule has 1 N–H and O–H groups in total. The molecule has 0 radical (unpaired) electrons. The standard InChI is InChI=1S/C10H16O5/c1-4-14-10(13)7(2)5-9(12)15-6-8(3)11/h8,11H,2,4-6H2,1,3H3. The number of rotatable bonds is 6. The van der Waals surface area contributed by atoms with Gasteiger partial charge in [-0.2, -0.15) is 0 Å². The van der Waals surface area contributed by atoms with Gasteiger partial charge in [-0.05, 0) is 13.8 Å². The van der Waals surface area contributed by atoms with Crippen molar-refractivity contribution in [1.82, 2.24) is 0 Å². The highest BCUT2D eigenvalue weighted by Crippen LogP contribution is 2.03. The quantitative estimate of drug-likeness (QED) is 0.514. The first-order valence-electron chi connectivity index (χ1n) is 4.66. The Balaban J connectivity index is 3.86. The molecule has 0 saturated heterocycles. The summed E-state index contributed by atoms with van der Waals surface area (Å²) in [5.41, 5.74) is 0.0486. The third-order valence-electron chi connectivity index (χ3n) is 1.41. The number of esters is 2. The number of hydrogen-bond donors (Lipinski definition) is 1. The fraction of sp³-hybridized carbons (Fsp3) is 0.600. The number of aliphatic hydroxyl groups is 1. The number of ether oxygens (including phenoxy) is 2. The van der Waals surface area contributed by atoms with Crippen molar-refractivity contribution in [3.8, 4) is 0 Å². The summed E-state index contributed by atoms with van der Waals surface area (Å²) >= 11 is 0. The van der Waals surface area contributed by atoms with Crippen LogP contribution in [0.5, 0.6) is 0 Å². The first-order valence-corrected chi connectivity index (χ1v) is 4.66. The average Bonchev–Trinajstić information content (AvgIpc) is 2.15. The van der Waals surface area contributed by atoms with E-state index in [9.17, 15) is 9.59 Å². The van der Waals surface area contributed by atoms with Crippen LogP contribution < -0.4 is 0 Å². The second-order valence-electron chi connectivity index (χ2n) is 3.03. The molecular weight excluding hydrogens is 200 g/mol. The molecule has 15 heavy (non-hydrogen) atoms. The lowest BCUT2D eigenvalue weighted by atomic mass is 10.2. The summed E-state index contributed by atoms with van der Waals surface area (Å²) in [5, 5.41) is 8.84. The molecule has 0 amide bonds. The lowest BCUT2D eigenvalue weighted by Crippen LogP contribution is -2.17. The van der Waals surface area contributed by atoms with Crippen LogP contribution in [0.1, 0.15) is 20.3 Å². The zero-order chi connectivity index (χ0) is 11.8. The molecule has 5 nitrogen and oxygen atoms in total. The molecule has 0 rings (SSSR count). The third-order valence-corrected chi connectivity index (χ3v) is 1.41. The molecule has 86 valence electrons. The number of hydrogen-bond acceptors (Lipinski definition) is 5. The topological polar surface area (TPSA) is 72.8 Å². The van der Waals surface area contributed by atoms with E-state index < -0.39 is 18.0 Å². The molecular formula is C10H16O5. The Hall–Kier alpha value is -1.36. The van der Waals surface area contributed by atoms with Crippen LogP contribution in [0.25, 0.3) is 0 Å². The van der Waals surface area contributed by atoms with Crippen LogP contribution in [0, 0.1) is 0 Å². The van der Waals surface area contributed by atoms with Crippen molar-refractivity contribution in [3.05, 3.63) is 12.2 Å². The molecule has 0 aliphatic heterocycles. The lowest BCUT2D eigenvalue weighted by Gasteiger charge is -2.07. The van der Waals surface area contributed by atoms with Gasteiger partial charge >= 0.3 is 11.9 Å². The molecule has 0 aromatic carbocycles. The maximum atomic E-state index is 11.1. The summed E-state index contributed by atoms with van der Waals surface area (Å²) in [6.07, 6.45) is -0.934. The van der Waals surface area contributed by atoms with Gasteiger partial charge in [0.05, 0.1) is 19.1 Å². The fourth-order valence-corrected chi connectivity index (χ4v) is 0.744. The minimum absolute atomic E-state index is 0.0486. The third kappa shape index (κ3) is 6.68. The van der Waals surface area contributed by atoms with Gasteiger partial charge in [0.1, 0.15) is 6.61 Å². The summed E-state index contributed by atoms with van der Waals surface area (Å²) in [6.45, 7) is 6.71. The highest BCUT2D eigenvalue weighted by Gasteiger charge is 2.13. The molecule has 0 bridgehead atoms. The Morgan fingerprint density at radius 2 is 2.00 bits per heavy atom. The molecule has 1 atom stereocenters. The Kier molecular flexibility index (Phi) is 6.37. The fourth-order valence-electron chi connectivity index (χ4n) is 0.744. The van der Waals surface area contributed by atoms with Gasteiger partial charge in [0.25, 0.3) is 0 Å². The molecule has 0 saturated carbocycles. The number of carbonyl (C=O) groups excluding carboxylic acids is 2. The Bertz CT molecular complexity index is 244. The van der Waals surface area contributed by atoms with Gasteiger partial charge in [0.2, 0.25) is 0 Å². The number of carbonyl (C=O) groups is 2. The molecule has 0 fully saturated rings. The molecule has 0 spiro atoms. The Labute approximate surface area is 88.7 Å². The summed E-state index contributed by atoms with van der Waals surface area (Å²) in [4.78, 5) is 22.1. The highest BCUT2D eigenvalue weighted by atomic mass is 16.5. The zero-order valence-corrected chi connectivity index (χ0v) is 8.99. The van der Waals surface area contributed by atoms with Gasteiger partial charge < -0.3 is 14.6 Å². The van der Waals surface area contributed by atoms with E-state index in [0.717, 1.165) is 0 Å². The van der Waals surface area contributed by atoms with Crippen molar-refractivity contribution in [2.24, 2.45) is 0 Å². The van der Waals surface area contributed by atoms with Crippen LogP contribution in [0.3, 0.4) is 0 Å². The van der Waals surface area contributed by atoms with Crippen molar-refractivity contribution in [1.29, 1.82) is 0 Å². The molecule has 0 heterocycles. The predicted octanol–water partition coefficient (Wildman–Crippen LogP) is 0.420. The number of aliphatic hydroxyl groups excluding tert-OH is 1. The summed E-state index contributed by atoms with van der Waals surface area (Å²) in [7, 11) is 0. The maximum Gasteiger partial charge on any atom is 0.333 e. The monoisotopic (exact) mass is 216 g/mol. The van der Waals surface area contributed by atoms with Crippen molar-refractivity contribution in [3.63, 3.8) is 0 Å². The van der Waals surface area contributed by atoms with E-state index in [1.807, 2.05) is 0 Å². The minimum atomic E-state index is -0.718. The van der Waals surface area contributed by atoms with Crippen LogP contribution in [-0.4, -0.2) is 36.4 Å².